The summed E-state index contributed by atoms with van der Waals surface area (Å²) in [6.07, 6.45) is 7.87. The molecule has 0 amide bonds. The van der Waals surface area contributed by atoms with Crippen molar-refractivity contribution >= 4 is 0 Å². The summed E-state index contributed by atoms with van der Waals surface area (Å²) in [5.41, 5.74) is 7.02. The molecule has 0 heterocycles. The molecule has 0 saturated heterocycles. The summed E-state index contributed by atoms with van der Waals surface area (Å²) in [7, 11) is 0. The molecule has 0 radical (unpaired) electrons. The van der Waals surface area contributed by atoms with Crippen LogP contribution in [0.1, 0.15) is 44.6 Å². The Hall–Kier alpha value is -1.02. The maximum absolute atomic E-state index is 5.97. The minimum atomic E-state index is 0.536. The molecule has 0 unspecified atom stereocenters. The van der Waals surface area contributed by atoms with Gasteiger partial charge in [0.1, 0.15) is 5.75 Å². The number of rotatable bonds is 6. The highest BCUT2D eigenvalue weighted by molar-refractivity contribution is 5.28. The van der Waals surface area contributed by atoms with Gasteiger partial charge in [0.25, 0.3) is 0 Å². The predicted molar refractivity (Wildman–Crippen MR) is 80.4 cm³/mol. The van der Waals surface area contributed by atoms with Crippen molar-refractivity contribution in [1.29, 1.82) is 0 Å². The van der Waals surface area contributed by atoms with E-state index in [9.17, 15) is 0 Å². The molecule has 0 bridgehead atoms. The third-order valence-corrected chi connectivity index (χ3v) is 4.10. The normalized spacial score (nSPS) is 18.2. The van der Waals surface area contributed by atoms with Gasteiger partial charge in [-0.05, 0) is 55.3 Å². The Kier molecular flexibility index (Phi) is 5.71. The SMILES string of the molecule is C[C@H](CN)Cc1cccc(OCC2CCCCC2)c1. The molecule has 0 spiro atoms. The van der Waals surface area contributed by atoms with E-state index in [4.69, 9.17) is 10.5 Å². The molecule has 1 aliphatic carbocycles. The number of benzene rings is 1. The van der Waals surface area contributed by atoms with Gasteiger partial charge in [0.05, 0.1) is 6.61 Å². The van der Waals surface area contributed by atoms with Crippen LogP contribution in [0.15, 0.2) is 24.3 Å². The van der Waals surface area contributed by atoms with E-state index in [1.165, 1.54) is 37.7 Å². The molecule has 106 valence electrons. The Balaban J connectivity index is 1.84. The maximum atomic E-state index is 5.97. The Morgan fingerprint density at radius 1 is 1.26 bits per heavy atom. The zero-order chi connectivity index (χ0) is 13.5. The van der Waals surface area contributed by atoms with Crippen molar-refractivity contribution in [1.82, 2.24) is 0 Å². The van der Waals surface area contributed by atoms with Gasteiger partial charge < -0.3 is 10.5 Å². The first-order valence-electron chi connectivity index (χ1n) is 7.69. The van der Waals surface area contributed by atoms with E-state index < -0.39 is 0 Å². The highest BCUT2D eigenvalue weighted by atomic mass is 16.5. The van der Waals surface area contributed by atoms with Gasteiger partial charge in [-0.15, -0.1) is 0 Å². The van der Waals surface area contributed by atoms with E-state index in [-0.39, 0.29) is 0 Å². The molecule has 1 aromatic rings. The van der Waals surface area contributed by atoms with E-state index in [2.05, 4.69) is 31.2 Å². The second-order valence-corrected chi connectivity index (χ2v) is 6.01. The van der Waals surface area contributed by atoms with Gasteiger partial charge in [0, 0.05) is 0 Å². The first-order valence-corrected chi connectivity index (χ1v) is 7.69. The van der Waals surface area contributed by atoms with Crippen molar-refractivity contribution in [3.63, 3.8) is 0 Å². The maximum Gasteiger partial charge on any atom is 0.119 e. The van der Waals surface area contributed by atoms with Crippen molar-refractivity contribution in [3.8, 4) is 5.75 Å². The van der Waals surface area contributed by atoms with Crippen molar-refractivity contribution in [2.45, 2.75) is 45.4 Å². The van der Waals surface area contributed by atoms with Crippen LogP contribution in [-0.4, -0.2) is 13.2 Å². The average Bonchev–Trinajstić information content (AvgIpc) is 2.46. The van der Waals surface area contributed by atoms with Gasteiger partial charge in [-0.2, -0.15) is 0 Å². The third kappa shape index (κ3) is 4.87. The Morgan fingerprint density at radius 2 is 2.05 bits per heavy atom. The largest absolute Gasteiger partial charge is 0.493 e. The second kappa shape index (κ2) is 7.54. The molecule has 1 saturated carbocycles. The van der Waals surface area contributed by atoms with Crippen molar-refractivity contribution in [2.24, 2.45) is 17.6 Å². The van der Waals surface area contributed by atoms with Crippen LogP contribution < -0.4 is 10.5 Å². The zero-order valence-corrected chi connectivity index (χ0v) is 12.1. The predicted octanol–water partition coefficient (Wildman–Crippen LogP) is 3.78. The molecule has 19 heavy (non-hydrogen) atoms. The summed E-state index contributed by atoms with van der Waals surface area (Å²) in [5, 5.41) is 0. The molecule has 1 atom stereocenters. The lowest BCUT2D eigenvalue weighted by Crippen LogP contribution is -2.15. The molecule has 1 aliphatic rings. The minimum Gasteiger partial charge on any atom is -0.493 e. The topological polar surface area (TPSA) is 35.2 Å². The van der Waals surface area contributed by atoms with Gasteiger partial charge in [-0.1, -0.05) is 38.3 Å². The number of nitrogens with two attached hydrogens (primary N) is 1. The van der Waals surface area contributed by atoms with Crippen LogP contribution >= 0.6 is 0 Å². The van der Waals surface area contributed by atoms with E-state index in [0.29, 0.717) is 5.92 Å². The highest BCUT2D eigenvalue weighted by Crippen LogP contribution is 2.25. The van der Waals surface area contributed by atoms with Gasteiger partial charge >= 0.3 is 0 Å². The van der Waals surface area contributed by atoms with E-state index in [0.717, 1.165) is 31.2 Å². The molecule has 1 fully saturated rings. The van der Waals surface area contributed by atoms with E-state index in [1.54, 1.807) is 0 Å². The van der Waals surface area contributed by atoms with Crippen molar-refractivity contribution < 1.29 is 4.74 Å². The van der Waals surface area contributed by atoms with Gasteiger partial charge in [-0.3, -0.25) is 0 Å². The lowest BCUT2D eigenvalue weighted by molar-refractivity contribution is 0.208. The molecule has 2 N–H and O–H groups in total. The lowest BCUT2D eigenvalue weighted by atomic mass is 9.90. The molecular formula is C17H27NO. The van der Waals surface area contributed by atoms with Gasteiger partial charge in [0.15, 0.2) is 0 Å². The van der Waals surface area contributed by atoms with Crippen LogP contribution in [-0.2, 0) is 6.42 Å². The van der Waals surface area contributed by atoms with Crippen LogP contribution in [0.3, 0.4) is 0 Å². The molecule has 2 heteroatoms. The standard InChI is InChI=1S/C17H27NO/c1-14(12-18)10-16-8-5-9-17(11-16)19-13-15-6-3-2-4-7-15/h5,8-9,11,14-15H,2-4,6-7,10,12-13,18H2,1H3/t14-/m0/s1. The van der Waals surface area contributed by atoms with E-state index >= 15 is 0 Å². The summed E-state index contributed by atoms with van der Waals surface area (Å²) in [5.74, 6) is 2.32. The third-order valence-electron chi connectivity index (χ3n) is 4.10. The summed E-state index contributed by atoms with van der Waals surface area (Å²) >= 11 is 0. The molecule has 0 aliphatic heterocycles. The minimum absolute atomic E-state index is 0.536. The van der Waals surface area contributed by atoms with Gasteiger partial charge in [-0.25, -0.2) is 0 Å². The van der Waals surface area contributed by atoms with Crippen LogP contribution in [0.4, 0.5) is 0 Å². The van der Waals surface area contributed by atoms with E-state index in [1.807, 2.05) is 0 Å². The fraction of sp³-hybridized carbons (Fsp3) is 0.647. The van der Waals surface area contributed by atoms with Crippen LogP contribution in [0.5, 0.6) is 5.75 Å². The van der Waals surface area contributed by atoms with Crippen LogP contribution in [0.2, 0.25) is 0 Å². The quantitative estimate of drug-likeness (QED) is 0.845. The molecular weight excluding hydrogens is 234 g/mol. The number of hydrogen-bond acceptors (Lipinski definition) is 2. The molecule has 2 nitrogen and oxygen atoms in total. The van der Waals surface area contributed by atoms with Gasteiger partial charge in [0.2, 0.25) is 0 Å². The van der Waals surface area contributed by atoms with Crippen molar-refractivity contribution in [2.75, 3.05) is 13.2 Å². The number of hydrogen-bond donors (Lipinski definition) is 1. The lowest BCUT2D eigenvalue weighted by Gasteiger charge is -2.21. The fourth-order valence-corrected chi connectivity index (χ4v) is 2.82. The monoisotopic (exact) mass is 261 g/mol. The first-order chi connectivity index (χ1) is 9.28. The summed E-state index contributed by atoms with van der Waals surface area (Å²) in [6.45, 7) is 3.82. The zero-order valence-electron chi connectivity index (χ0n) is 12.1. The second-order valence-electron chi connectivity index (χ2n) is 6.01. The molecule has 1 aromatic carbocycles. The Labute approximate surface area is 117 Å². The molecule has 2 rings (SSSR count). The summed E-state index contributed by atoms with van der Waals surface area (Å²) < 4.78 is 5.97. The summed E-state index contributed by atoms with van der Waals surface area (Å²) in [6, 6.07) is 8.50. The summed E-state index contributed by atoms with van der Waals surface area (Å²) in [4.78, 5) is 0. The number of ether oxygens (including phenoxy) is 1. The molecule has 0 aromatic heterocycles. The smallest absolute Gasteiger partial charge is 0.119 e. The van der Waals surface area contributed by atoms with Crippen LogP contribution in [0, 0.1) is 11.8 Å². The highest BCUT2D eigenvalue weighted by Gasteiger charge is 2.14. The Bertz CT molecular complexity index is 371. The first kappa shape index (κ1) is 14.4. The fourth-order valence-electron chi connectivity index (χ4n) is 2.82. The Morgan fingerprint density at radius 3 is 2.79 bits per heavy atom. The average molecular weight is 261 g/mol. The van der Waals surface area contributed by atoms with Crippen molar-refractivity contribution in [3.05, 3.63) is 29.8 Å². The van der Waals surface area contributed by atoms with Crippen LogP contribution in [0.25, 0.3) is 0 Å².